The molecule has 3 aromatic rings. The third kappa shape index (κ3) is 3.48. The molecule has 0 unspecified atom stereocenters. The number of rotatable bonds is 3. The van der Waals surface area contributed by atoms with Gasteiger partial charge in [0.25, 0.3) is 5.91 Å². The van der Waals surface area contributed by atoms with Crippen molar-refractivity contribution in [3.63, 3.8) is 0 Å². The first kappa shape index (κ1) is 14.2. The van der Waals surface area contributed by atoms with Gasteiger partial charge in [-0.2, -0.15) is 0 Å². The Morgan fingerprint density at radius 2 is 1.76 bits per heavy atom. The lowest BCUT2D eigenvalue weighted by Crippen LogP contribution is -2.11. The van der Waals surface area contributed by atoms with E-state index in [1.807, 2.05) is 53.9 Å². The monoisotopic (exact) mass is 406 g/mol. The molecule has 1 aromatic heterocycles. The molecule has 0 aliphatic rings. The first-order valence-corrected chi connectivity index (χ1v) is 8.25. The fourth-order valence-corrected chi connectivity index (χ4v) is 2.87. The molecule has 1 N–H and O–H groups in total. The van der Waals surface area contributed by atoms with Gasteiger partial charge in [-0.15, -0.1) is 11.3 Å². The Morgan fingerprint density at radius 1 is 1.05 bits per heavy atom. The Morgan fingerprint density at radius 3 is 2.38 bits per heavy atom. The number of amides is 1. The Hall–Kier alpha value is -1.73. The zero-order valence-corrected chi connectivity index (χ0v) is 13.9. The smallest absolute Gasteiger partial charge is 0.255 e. The van der Waals surface area contributed by atoms with E-state index in [4.69, 9.17) is 0 Å². The number of thiazole rings is 1. The maximum Gasteiger partial charge on any atom is 0.255 e. The van der Waals surface area contributed by atoms with E-state index in [2.05, 4.69) is 32.9 Å². The van der Waals surface area contributed by atoms with Crippen LogP contribution < -0.4 is 5.32 Å². The van der Waals surface area contributed by atoms with Crippen LogP contribution in [0.1, 0.15) is 10.4 Å². The maximum absolute atomic E-state index is 12.1. The van der Waals surface area contributed by atoms with Gasteiger partial charge in [-0.3, -0.25) is 4.79 Å². The third-order valence-electron chi connectivity index (χ3n) is 2.93. The summed E-state index contributed by atoms with van der Waals surface area (Å²) in [6.07, 6.45) is 1.78. The molecule has 0 saturated carbocycles. The first-order chi connectivity index (χ1) is 10.2. The summed E-state index contributed by atoms with van der Waals surface area (Å²) < 4.78 is 1.11. The molecule has 0 atom stereocenters. The van der Waals surface area contributed by atoms with E-state index >= 15 is 0 Å². The SMILES string of the molecule is O=C(Nc1ccc(-c2nccs2)cc1)c1ccc(I)cc1. The average molecular weight is 406 g/mol. The van der Waals surface area contributed by atoms with E-state index in [1.54, 1.807) is 17.5 Å². The van der Waals surface area contributed by atoms with Crippen molar-refractivity contribution in [1.29, 1.82) is 0 Å². The molecule has 0 saturated heterocycles. The summed E-state index contributed by atoms with van der Waals surface area (Å²) in [5.74, 6) is -0.103. The van der Waals surface area contributed by atoms with Crippen LogP contribution in [0.3, 0.4) is 0 Å². The van der Waals surface area contributed by atoms with Gasteiger partial charge in [0.2, 0.25) is 0 Å². The Labute approximate surface area is 140 Å². The van der Waals surface area contributed by atoms with Gasteiger partial charge in [-0.05, 0) is 71.1 Å². The van der Waals surface area contributed by atoms with Gasteiger partial charge >= 0.3 is 0 Å². The molecule has 0 aliphatic heterocycles. The van der Waals surface area contributed by atoms with Crippen molar-refractivity contribution in [3.05, 3.63) is 69.2 Å². The van der Waals surface area contributed by atoms with E-state index in [1.165, 1.54) is 0 Å². The molecular weight excluding hydrogens is 395 g/mol. The first-order valence-electron chi connectivity index (χ1n) is 6.29. The minimum Gasteiger partial charge on any atom is -0.322 e. The second-order valence-corrected chi connectivity index (χ2v) is 6.52. The van der Waals surface area contributed by atoms with Gasteiger partial charge in [-0.25, -0.2) is 4.98 Å². The van der Waals surface area contributed by atoms with Crippen LogP contribution in [0.2, 0.25) is 0 Å². The molecule has 2 aromatic carbocycles. The minimum absolute atomic E-state index is 0.103. The van der Waals surface area contributed by atoms with Gasteiger partial charge in [0.05, 0.1) is 0 Å². The van der Waals surface area contributed by atoms with Crippen molar-refractivity contribution >= 4 is 45.5 Å². The fraction of sp³-hybridized carbons (Fsp3) is 0. The van der Waals surface area contributed by atoms with Gasteiger partial charge in [-0.1, -0.05) is 0 Å². The number of nitrogens with zero attached hydrogens (tertiary/aromatic N) is 1. The molecule has 0 fully saturated rings. The molecule has 3 nitrogen and oxygen atoms in total. The number of hydrogen-bond donors (Lipinski definition) is 1. The quantitative estimate of drug-likeness (QED) is 0.643. The number of carbonyl (C=O) groups is 1. The number of anilines is 1. The Bertz CT molecular complexity index is 737. The second kappa shape index (κ2) is 6.36. The summed E-state index contributed by atoms with van der Waals surface area (Å²) in [4.78, 5) is 16.4. The van der Waals surface area contributed by atoms with Crippen LogP contribution in [0.25, 0.3) is 10.6 Å². The van der Waals surface area contributed by atoms with Crippen LogP contribution in [0.15, 0.2) is 60.1 Å². The van der Waals surface area contributed by atoms with Gasteiger partial charge in [0, 0.05) is 32.0 Å². The number of carbonyl (C=O) groups excluding carboxylic acids is 1. The average Bonchev–Trinajstić information content (AvgIpc) is 3.03. The van der Waals surface area contributed by atoms with Crippen molar-refractivity contribution in [2.45, 2.75) is 0 Å². The van der Waals surface area contributed by atoms with E-state index < -0.39 is 0 Å². The summed E-state index contributed by atoms with van der Waals surface area (Å²) >= 11 is 3.81. The Kier molecular flexibility index (Phi) is 4.31. The van der Waals surface area contributed by atoms with Crippen LogP contribution in [-0.4, -0.2) is 10.9 Å². The van der Waals surface area contributed by atoms with Crippen molar-refractivity contribution in [1.82, 2.24) is 4.98 Å². The molecule has 104 valence electrons. The highest BCUT2D eigenvalue weighted by atomic mass is 127. The predicted octanol–water partition coefficient (Wildman–Crippen LogP) is 4.67. The molecule has 0 spiro atoms. The summed E-state index contributed by atoms with van der Waals surface area (Å²) in [5, 5.41) is 5.82. The van der Waals surface area contributed by atoms with E-state index in [0.29, 0.717) is 5.56 Å². The maximum atomic E-state index is 12.1. The summed E-state index contributed by atoms with van der Waals surface area (Å²) in [6, 6.07) is 15.2. The molecule has 3 rings (SSSR count). The number of nitrogens with one attached hydrogen (secondary N) is 1. The molecule has 21 heavy (non-hydrogen) atoms. The van der Waals surface area contributed by atoms with Crippen LogP contribution in [0, 0.1) is 3.57 Å². The molecule has 1 heterocycles. The molecule has 0 bridgehead atoms. The summed E-state index contributed by atoms with van der Waals surface area (Å²) in [6.45, 7) is 0. The number of halogens is 1. The van der Waals surface area contributed by atoms with Crippen molar-refractivity contribution in [3.8, 4) is 10.6 Å². The second-order valence-electron chi connectivity index (χ2n) is 4.38. The highest BCUT2D eigenvalue weighted by Gasteiger charge is 2.06. The predicted molar refractivity (Wildman–Crippen MR) is 94.7 cm³/mol. The van der Waals surface area contributed by atoms with Crippen LogP contribution >= 0.6 is 33.9 Å². The standard InChI is InChI=1S/C16H11IN2OS/c17-13-5-1-11(2-6-13)15(20)19-14-7-3-12(4-8-14)16-18-9-10-21-16/h1-10H,(H,19,20). The van der Waals surface area contributed by atoms with Crippen molar-refractivity contribution in [2.24, 2.45) is 0 Å². The molecule has 0 aliphatic carbocycles. The zero-order valence-electron chi connectivity index (χ0n) is 10.9. The lowest BCUT2D eigenvalue weighted by atomic mass is 10.2. The van der Waals surface area contributed by atoms with E-state index in [-0.39, 0.29) is 5.91 Å². The minimum atomic E-state index is -0.103. The van der Waals surface area contributed by atoms with Gasteiger partial charge < -0.3 is 5.32 Å². The number of aromatic nitrogens is 1. The van der Waals surface area contributed by atoms with Crippen LogP contribution in [0.5, 0.6) is 0 Å². The number of benzene rings is 2. The third-order valence-corrected chi connectivity index (χ3v) is 4.47. The summed E-state index contributed by atoms with van der Waals surface area (Å²) in [5.41, 5.74) is 2.48. The highest BCUT2D eigenvalue weighted by molar-refractivity contribution is 14.1. The number of hydrogen-bond acceptors (Lipinski definition) is 3. The zero-order chi connectivity index (χ0) is 14.7. The van der Waals surface area contributed by atoms with E-state index in [9.17, 15) is 4.79 Å². The lowest BCUT2D eigenvalue weighted by molar-refractivity contribution is 0.102. The van der Waals surface area contributed by atoms with Crippen LogP contribution in [-0.2, 0) is 0 Å². The lowest BCUT2D eigenvalue weighted by Gasteiger charge is -2.06. The topological polar surface area (TPSA) is 42.0 Å². The normalized spacial score (nSPS) is 10.3. The fourth-order valence-electron chi connectivity index (χ4n) is 1.87. The molecular formula is C16H11IN2OS. The van der Waals surface area contributed by atoms with Crippen molar-refractivity contribution in [2.75, 3.05) is 5.32 Å². The largest absolute Gasteiger partial charge is 0.322 e. The van der Waals surface area contributed by atoms with Crippen molar-refractivity contribution < 1.29 is 4.79 Å². The van der Waals surface area contributed by atoms with Gasteiger partial charge in [0.1, 0.15) is 5.01 Å². The van der Waals surface area contributed by atoms with Gasteiger partial charge in [0.15, 0.2) is 0 Å². The van der Waals surface area contributed by atoms with Crippen LogP contribution in [0.4, 0.5) is 5.69 Å². The molecule has 0 radical (unpaired) electrons. The summed E-state index contributed by atoms with van der Waals surface area (Å²) in [7, 11) is 0. The Balaban J connectivity index is 1.73. The van der Waals surface area contributed by atoms with E-state index in [0.717, 1.165) is 19.8 Å². The molecule has 5 heteroatoms. The highest BCUT2D eigenvalue weighted by Crippen LogP contribution is 2.23. The molecule has 1 amide bonds.